The van der Waals surface area contributed by atoms with Gasteiger partial charge in [-0.25, -0.2) is 0 Å². The van der Waals surface area contributed by atoms with Crippen molar-refractivity contribution in [1.29, 1.82) is 0 Å². The molecule has 0 radical (unpaired) electrons. The lowest BCUT2D eigenvalue weighted by Gasteiger charge is -2.19. The van der Waals surface area contributed by atoms with Gasteiger partial charge in [-0.2, -0.15) is 0 Å². The van der Waals surface area contributed by atoms with Gasteiger partial charge in [0.1, 0.15) is 11.2 Å². The lowest BCUT2D eigenvalue weighted by molar-refractivity contribution is 0.673. The Labute approximate surface area is 301 Å². The van der Waals surface area contributed by atoms with Gasteiger partial charge in [-0.3, -0.25) is 0 Å². The van der Waals surface area contributed by atoms with Gasteiger partial charge in [-0.15, -0.1) is 0 Å². The number of fused-ring (bicyclic) bond motifs is 7. The summed E-state index contributed by atoms with van der Waals surface area (Å²) in [6, 6.07) is 28.7. The maximum atomic E-state index is 9.97. The van der Waals surface area contributed by atoms with Gasteiger partial charge >= 0.3 is 0 Å². The average Bonchev–Trinajstić information content (AvgIpc) is 3.68. The Hall–Kier alpha value is -6.44. The standard InChI is InChI=1S/C48H30O/c1-3-14-31(15-4-1)35-28-27-34(30-43(35)32-16-5-2-6-17-32)45-37-20-9-11-22-39(37)46(40-23-12-10-21-38(40)45)41-24-13-25-44-47(41)42-29-26-33-18-7-8-19-36(33)48(42)49-44/h1-30H/i7D,8D,13D,18D,19D,24D,25D,26D,27D,28D,29D,30D. The van der Waals surface area contributed by atoms with E-state index in [9.17, 15) is 6.85 Å². The number of hydrogen-bond acceptors (Lipinski definition) is 1. The predicted octanol–water partition coefficient (Wildman–Crippen LogP) is 13.7. The number of furan rings is 1. The monoisotopic (exact) mass is 634 g/mol. The van der Waals surface area contributed by atoms with Crippen LogP contribution in [0.5, 0.6) is 0 Å². The van der Waals surface area contributed by atoms with Gasteiger partial charge in [0.15, 0.2) is 0 Å². The number of rotatable bonds is 4. The second-order valence-electron chi connectivity index (χ2n) is 11.8. The highest BCUT2D eigenvalue weighted by Crippen LogP contribution is 2.48. The first-order valence-electron chi connectivity index (χ1n) is 21.9. The molecule has 1 heteroatoms. The zero-order chi connectivity index (χ0) is 42.8. The van der Waals surface area contributed by atoms with E-state index in [2.05, 4.69) is 0 Å². The van der Waals surface area contributed by atoms with E-state index in [1.165, 1.54) is 0 Å². The Bertz CT molecular complexity index is 3490. The molecule has 10 aromatic rings. The fourth-order valence-corrected chi connectivity index (χ4v) is 7.00. The highest BCUT2D eigenvalue weighted by molar-refractivity contribution is 6.27. The van der Waals surface area contributed by atoms with E-state index in [0.29, 0.717) is 54.9 Å². The second kappa shape index (κ2) is 11.1. The van der Waals surface area contributed by atoms with Gasteiger partial charge in [0, 0.05) is 16.2 Å². The summed E-state index contributed by atoms with van der Waals surface area (Å²) in [4.78, 5) is 0. The number of hydrogen-bond donors (Lipinski definition) is 0. The average molecular weight is 635 g/mol. The predicted molar refractivity (Wildman–Crippen MR) is 208 cm³/mol. The van der Waals surface area contributed by atoms with Crippen molar-refractivity contribution in [1.82, 2.24) is 0 Å². The molecule has 1 nitrogen and oxygen atoms in total. The molecule has 49 heavy (non-hydrogen) atoms. The van der Waals surface area contributed by atoms with Crippen LogP contribution in [0.25, 0.3) is 98.8 Å². The molecular weight excluding hydrogens is 593 g/mol. The van der Waals surface area contributed by atoms with Crippen LogP contribution in [0.4, 0.5) is 0 Å². The molecule has 0 amide bonds. The molecule has 1 aromatic heterocycles. The third-order valence-corrected chi connectivity index (χ3v) is 9.12. The highest BCUT2D eigenvalue weighted by Gasteiger charge is 2.21. The molecule has 0 aliphatic carbocycles. The molecule has 228 valence electrons. The fraction of sp³-hybridized carbons (Fsp3) is 0. The third-order valence-electron chi connectivity index (χ3n) is 9.12. The third kappa shape index (κ3) is 4.33. The molecule has 0 N–H and O–H groups in total. The van der Waals surface area contributed by atoms with E-state index in [-0.39, 0.29) is 68.0 Å². The van der Waals surface area contributed by atoms with E-state index >= 15 is 0 Å². The Morgan fingerprint density at radius 3 is 1.69 bits per heavy atom. The van der Waals surface area contributed by atoms with Crippen molar-refractivity contribution >= 4 is 54.3 Å². The van der Waals surface area contributed by atoms with Crippen LogP contribution in [0, 0.1) is 0 Å². The molecule has 0 unspecified atom stereocenters. The van der Waals surface area contributed by atoms with Crippen LogP contribution in [-0.2, 0) is 0 Å². The molecule has 10 rings (SSSR count). The van der Waals surface area contributed by atoms with Crippen molar-refractivity contribution in [3.8, 4) is 44.5 Å². The minimum Gasteiger partial charge on any atom is -0.455 e. The van der Waals surface area contributed by atoms with Gasteiger partial charge in [0.25, 0.3) is 0 Å². The van der Waals surface area contributed by atoms with Crippen LogP contribution >= 0.6 is 0 Å². The van der Waals surface area contributed by atoms with Crippen molar-refractivity contribution in [3.05, 3.63) is 182 Å². The minimum atomic E-state index is -0.572. The zero-order valence-corrected chi connectivity index (χ0v) is 25.8. The lowest BCUT2D eigenvalue weighted by Crippen LogP contribution is -1.92. The first-order chi connectivity index (χ1) is 29.3. The summed E-state index contributed by atoms with van der Waals surface area (Å²) in [5.74, 6) is 0. The molecule has 9 aromatic carbocycles. The molecule has 0 fully saturated rings. The summed E-state index contributed by atoms with van der Waals surface area (Å²) in [6.45, 7) is 0. The van der Waals surface area contributed by atoms with Gasteiger partial charge in [-0.1, -0.05) is 164 Å². The largest absolute Gasteiger partial charge is 0.455 e. The van der Waals surface area contributed by atoms with E-state index < -0.39 is 48.3 Å². The maximum absolute atomic E-state index is 9.97. The second-order valence-corrected chi connectivity index (χ2v) is 11.8. The molecule has 1 heterocycles. The first kappa shape index (κ1) is 18.2. The highest BCUT2D eigenvalue weighted by atomic mass is 16.3. The van der Waals surface area contributed by atoms with Crippen molar-refractivity contribution in [3.63, 3.8) is 0 Å². The quantitative estimate of drug-likeness (QED) is 0.176. The molecule has 0 aliphatic heterocycles. The molecule has 0 aliphatic rings. The van der Waals surface area contributed by atoms with Crippen LogP contribution in [-0.4, -0.2) is 0 Å². The van der Waals surface area contributed by atoms with E-state index in [0.717, 1.165) is 0 Å². The summed E-state index contributed by atoms with van der Waals surface area (Å²) in [6.07, 6.45) is 0. The van der Waals surface area contributed by atoms with Gasteiger partial charge < -0.3 is 4.42 Å². The molecule has 0 saturated heterocycles. The van der Waals surface area contributed by atoms with Gasteiger partial charge in [0.2, 0.25) is 0 Å². The van der Waals surface area contributed by atoms with Crippen LogP contribution in [0.2, 0.25) is 0 Å². The zero-order valence-electron chi connectivity index (χ0n) is 37.8. The molecule has 0 saturated carbocycles. The maximum Gasteiger partial charge on any atom is 0.143 e. The summed E-state index contributed by atoms with van der Waals surface area (Å²) >= 11 is 0. The summed E-state index contributed by atoms with van der Waals surface area (Å²) in [7, 11) is 0. The van der Waals surface area contributed by atoms with Crippen LogP contribution in [0.1, 0.15) is 16.4 Å². The topological polar surface area (TPSA) is 13.1 Å². The van der Waals surface area contributed by atoms with Crippen molar-refractivity contribution in [2.45, 2.75) is 0 Å². The molecule has 0 bridgehead atoms. The molecule has 0 atom stereocenters. The van der Waals surface area contributed by atoms with Crippen LogP contribution < -0.4 is 0 Å². The SMILES string of the molecule is [2H]c1c([2H])c(-c2ccccc2)c(-c2ccccc2)c([2H])c1-c1c2ccccc2c(-c2c([2H])c([2H])c([2H])c3oc4c5c([2H])c([2H])c([2H])c([2H])c5c([2H])c([2H])c4c23)c2ccccc12. The van der Waals surface area contributed by atoms with Crippen molar-refractivity contribution in [2.75, 3.05) is 0 Å². The van der Waals surface area contributed by atoms with Gasteiger partial charge in [0.05, 0.1) is 16.4 Å². The summed E-state index contributed by atoms with van der Waals surface area (Å²) in [5, 5.41) is 1.90. The fourth-order valence-electron chi connectivity index (χ4n) is 7.00. The first-order valence-corrected chi connectivity index (χ1v) is 15.9. The Morgan fingerprint density at radius 1 is 0.388 bits per heavy atom. The Balaban J connectivity index is 1.40. The van der Waals surface area contributed by atoms with Crippen LogP contribution in [0.3, 0.4) is 0 Å². The van der Waals surface area contributed by atoms with E-state index in [4.69, 9.17) is 14.0 Å². The van der Waals surface area contributed by atoms with Crippen molar-refractivity contribution < 1.29 is 20.9 Å². The minimum absolute atomic E-state index is 0.0310. The van der Waals surface area contributed by atoms with Crippen LogP contribution in [0.15, 0.2) is 186 Å². The molecule has 0 spiro atoms. The normalized spacial score (nSPS) is 15.1. The lowest BCUT2D eigenvalue weighted by atomic mass is 9.83. The summed E-state index contributed by atoms with van der Waals surface area (Å²) < 4.78 is 116. The smallest absolute Gasteiger partial charge is 0.143 e. The number of benzene rings is 9. The van der Waals surface area contributed by atoms with E-state index in [1.807, 2.05) is 97.1 Å². The molecular formula is C48H30O. The van der Waals surface area contributed by atoms with Gasteiger partial charge in [-0.05, 0) is 89.6 Å². The van der Waals surface area contributed by atoms with Crippen molar-refractivity contribution in [2.24, 2.45) is 0 Å². The summed E-state index contributed by atoms with van der Waals surface area (Å²) in [5.41, 5.74) is 3.29. The Kier molecular flexibility index (Phi) is 4.11. The van der Waals surface area contributed by atoms with E-state index in [1.54, 1.807) is 12.1 Å². The Morgan fingerprint density at radius 2 is 1.00 bits per heavy atom.